The van der Waals surface area contributed by atoms with Gasteiger partial charge in [0, 0.05) is 0 Å². The molecule has 3 nitrogen and oxygen atoms in total. The first kappa shape index (κ1) is 9.23. The summed E-state index contributed by atoms with van der Waals surface area (Å²) in [5.74, 6) is 0. The maximum atomic E-state index is 8.76. The van der Waals surface area contributed by atoms with Gasteiger partial charge in [0.1, 0.15) is 0 Å². The van der Waals surface area contributed by atoms with Crippen molar-refractivity contribution in [1.82, 2.24) is 0 Å². The molecule has 0 rings (SSSR count). The Kier molecular flexibility index (Phi) is 8.79. The first-order valence-corrected chi connectivity index (χ1v) is 2.76. The third-order valence-electron chi connectivity index (χ3n) is 0. The Balaban J connectivity index is 0. The van der Waals surface area contributed by atoms with Crippen LogP contribution in [0.25, 0.3) is 0 Å². The molecule has 0 aliphatic heterocycles. The molecule has 0 fully saturated rings. The molecular weight excluding hydrogens is 206 g/mol. The summed E-state index contributed by atoms with van der Waals surface area (Å²) >= 11 is -3.29. The van der Waals surface area contributed by atoms with Crippen molar-refractivity contribution in [3.63, 3.8) is 0 Å². The zero-order valence-corrected chi connectivity index (χ0v) is 6.02. The molecule has 5 heavy (non-hydrogen) atoms. The molecule has 0 aromatic heterocycles. The fraction of sp³-hybridized carbons (Fsp3) is 0. The second-order valence-electron chi connectivity index (χ2n) is 0.231. The van der Waals surface area contributed by atoms with Crippen molar-refractivity contribution in [2.75, 3.05) is 0 Å². The SMILES string of the molecule is O=[Se](O)O.[SeH2]. The van der Waals surface area contributed by atoms with E-state index in [1.807, 2.05) is 0 Å². The van der Waals surface area contributed by atoms with Crippen LogP contribution in [0.3, 0.4) is 0 Å². The zero-order valence-electron chi connectivity index (χ0n) is 2.21. The fourth-order valence-corrected chi connectivity index (χ4v) is 0. The van der Waals surface area contributed by atoms with E-state index in [9.17, 15) is 0 Å². The molecule has 0 bridgehead atoms. The first-order chi connectivity index (χ1) is 1.73. The van der Waals surface area contributed by atoms with Gasteiger partial charge in [-0.05, 0) is 0 Å². The van der Waals surface area contributed by atoms with Crippen molar-refractivity contribution in [3.05, 3.63) is 0 Å². The molecule has 0 aliphatic rings. The van der Waals surface area contributed by atoms with Gasteiger partial charge in [0.15, 0.2) is 0 Å². The van der Waals surface area contributed by atoms with Crippen LogP contribution in [0.15, 0.2) is 0 Å². The Labute approximate surface area is 44.2 Å². The predicted octanol–water partition coefficient (Wildman–Crippen LogP) is -2.53. The van der Waals surface area contributed by atoms with Crippen molar-refractivity contribution in [2.45, 2.75) is 0 Å². The predicted molar refractivity (Wildman–Crippen MR) is 19.4 cm³/mol. The molecule has 0 aliphatic carbocycles. The molecule has 0 saturated heterocycles. The molecule has 0 unspecified atom stereocenters. The van der Waals surface area contributed by atoms with Gasteiger partial charge in [-0.1, -0.05) is 0 Å². The van der Waals surface area contributed by atoms with Gasteiger partial charge in [0.2, 0.25) is 0 Å². The molecule has 34 valence electrons. The summed E-state index contributed by atoms with van der Waals surface area (Å²) in [6, 6.07) is 0. The summed E-state index contributed by atoms with van der Waals surface area (Å²) in [6.45, 7) is 0. The van der Waals surface area contributed by atoms with Crippen LogP contribution >= 0.6 is 0 Å². The van der Waals surface area contributed by atoms with Crippen LogP contribution in [0, 0.1) is 0 Å². The number of hydrogen-bond acceptors (Lipinski definition) is 1. The zero-order chi connectivity index (χ0) is 3.58. The van der Waals surface area contributed by atoms with E-state index in [2.05, 4.69) is 0 Å². The molecule has 0 aromatic carbocycles. The minimum absolute atomic E-state index is 0. The summed E-state index contributed by atoms with van der Waals surface area (Å²) in [4.78, 5) is 0. The van der Waals surface area contributed by atoms with E-state index in [-0.39, 0.29) is 17.1 Å². The van der Waals surface area contributed by atoms with Crippen molar-refractivity contribution in [2.24, 2.45) is 0 Å². The van der Waals surface area contributed by atoms with Gasteiger partial charge in [-0.15, -0.1) is 0 Å². The molecule has 0 radical (unpaired) electrons. The van der Waals surface area contributed by atoms with Crippen LogP contribution in [-0.2, 0) is 3.83 Å². The van der Waals surface area contributed by atoms with E-state index in [4.69, 9.17) is 12.2 Å². The van der Waals surface area contributed by atoms with E-state index >= 15 is 0 Å². The molecule has 0 amide bonds. The van der Waals surface area contributed by atoms with E-state index in [1.54, 1.807) is 0 Å². The summed E-state index contributed by atoms with van der Waals surface area (Å²) < 4.78 is 23.1. The van der Waals surface area contributed by atoms with Gasteiger partial charge in [-0.25, -0.2) is 0 Å². The topological polar surface area (TPSA) is 57.5 Å². The van der Waals surface area contributed by atoms with Crippen LogP contribution in [0.4, 0.5) is 0 Å². The van der Waals surface area contributed by atoms with E-state index in [0.29, 0.717) is 0 Å². The Morgan fingerprint density at radius 2 is 1.40 bits per heavy atom. The fourth-order valence-electron chi connectivity index (χ4n) is 0. The third-order valence-corrected chi connectivity index (χ3v) is 0. The van der Waals surface area contributed by atoms with Gasteiger partial charge in [0.25, 0.3) is 0 Å². The van der Waals surface area contributed by atoms with Gasteiger partial charge in [-0.3, -0.25) is 0 Å². The molecule has 0 aromatic rings. The van der Waals surface area contributed by atoms with Crippen LogP contribution in [0.1, 0.15) is 0 Å². The molecular formula is H4O3Se2. The van der Waals surface area contributed by atoms with Crippen LogP contribution in [0.5, 0.6) is 0 Å². The van der Waals surface area contributed by atoms with Crippen molar-refractivity contribution < 1.29 is 12.2 Å². The quantitative estimate of drug-likeness (QED) is 0.433. The van der Waals surface area contributed by atoms with Gasteiger partial charge in [0.05, 0.1) is 0 Å². The number of rotatable bonds is 0. The van der Waals surface area contributed by atoms with Crippen LogP contribution < -0.4 is 0 Å². The van der Waals surface area contributed by atoms with Gasteiger partial charge in [-0.2, -0.15) is 0 Å². The monoisotopic (exact) mass is 212 g/mol. The standard InChI is InChI=1S/H2O3Se.H2Se/c1-4(2)3;/h(H2,1,2,3);1H2. The molecule has 0 heterocycles. The summed E-state index contributed by atoms with van der Waals surface area (Å²) in [5.41, 5.74) is 0. The average molecular weight is 210 g/mol. The van der Waals surface area contributed by atoms with Crippen LogP contribution in [0.2, 0.25) is 0 Å². The van der Waals surface area contributed by atoms with E-state index in [1.165, 1.54) is 0 Å². The Bertz CT molecular complexity index is 27.9. The van der Waals surface area contributed by atoms with Crippen molar-refractivity contribution in [3.8, 4) is 0 Å². The molecule has 5 heteroatoms. The van der Waals surface area contributed by atoms with Crippen LogP contribution in [-0.4, -0.2) is 39.9 Å². The Morgan fingerprint density at radius 1 is 1.40 bits per heavy atom. The average Bonchev–Trinajstić information content (AvgIpc) is 0.811. The van der Waals surface area contributed by atoms with Gasteiger partial charge >= 0.3 is 43.8 Å². The Hall–Kier alpha value is 0.759. The maximum absolute atomic E-state index is 8.76. The van der Waals surface area contributed by atoms with E-state index < -0.39 is 14.5 Å². The summed E-state index contributed by atoms with van der Waals surface area (Å²) in [6.07, 6.45) is 0. The Morgan fingerprint density at radius 3 is 1.40 bits per heavy atom. The van der Waals surface area contributed by atoms with E-state index in [0.717, 1.165) is 0 Å². The second kappa shape index (κ2) is 4.76. The normalized spacial score (nSPS) is 7.00. The summed E-state index contributed by atoms with van der Waals surface area (Å²) in [5, 5.41) is 0. The second-order valence-corrected chi connectivity index (χ2v) is 1.20. The third kappa shape index (κ3) is 62.9. The van der Waals surface area contributed by atoms with Gasteiger partial charge < -0.3 is 0 Å². The first-order valence-electron chi connectivity index (χ1n) is 0.532. The van der Waals surface area contributed by atoms with Crippen molar-refractivity contribution >= 4 is 31.6 Å². The molecule has 0 saturated carbocycles. The number of hydrogen-bond donors (Lipinski definition) is 2. The summed E-state index contributed by atoms with van der Waals surface area (Å²) in [7, 11) is 0. The molecule has 0 spiro atoms. The van der Waals surface area contributed by atoms with Crippen molar-refractivity contribution in [1.29, 1.82) is 0 Å². The minimum atomic E-state index is -3.29. The molecule has 2 N–H and O–H groups in total. The molecule has 0 atom stereocenters.